The maximum absolute atomic E-state index is 8.77. The van der Waals surface area contributed by atoms with E-state index >= 15 is 0 Å². The molecule has 1 aromatic rings. The van der Waals surface area contributed by atoms with E-state index in [0.29, 0.717) is 18.4 Å². The molecule has 0 bridgehead atoms. The van der Waals surface area contributed by atoms with Gasteiger partial charge in [-0.1, -0.05) is 80.1 Å². The van der Waals surface area contributed by atoms with Gasteiger partial charge in [0, 0.05) is 6.61 Å². The smallest absolute Gasteiger partial charge is 0.0716 e. The second kappa shape index (κ2) is 12.7. The largest absolute Gasteiger partial charge is 0.392 e. The summed E-state index contributed by atoms with van der Waals surface area (Å²) in [6, 6.07) is 10.3. The molecule has 2 nitrogen and oxygen atoms in total. The van der Waals surface area contributed by atoms with Gasteiger partial charge in [0.1, 0.15) is 0 Å². The Morgan fingerprint density at radius 2 is 1.92 bits per heavy atom. The van der Waals surface area contributed by atoms with Crippen LogP contribution in [0.4, 0.5) is 0 Å². The molecule has 25 heavy (non-hydrogen) atoms. The highest BCUT2D eigenvalue weighted by atomic mass is 16.5. The van der Waals surface area contributed by atoms with Crippen LogP contribution in [0.15, 0.2) is 66.3 Å². The Labute approximate surface area is 153 Å². The minimum Gasteiger partial charge on any atom is -0.392 e. The molecule has 0 fully saturated rings. The Kier molecular flexibility index (Phi) is 10.9. The van der Waals surface area contributed by atoms with Crippen molar-refractivity contribution >= 4 is 0 Å². The molecule has 2 atom stereocenters. The van der Waals surface area contributed by atoms with E-state index in [4.69, 9.17) is 9.84 Å². The second-order valence-corrected chi connectivity index (χ2v) is 6.97. The predicted octanol–water partition coefficient (Wildman–Crippen LogP) is 5.70. The first-order chi connectivity index (χ1) is 12.0. The van der Waals surface area contributed by atoms with E-state index < -0.39 is 0 Å². The van der Waals surface area contributed by atoms with Gasteiger partial charge in [0.15, 0.2) is 0 Å². The van der Waals surface area contributed by atoms with Crippen LogP contribution in [0.3, 0.4) is 0 Å². The zero-order valence-electron chi connectivity index (χ0n) is 16.1. The van der Waals surface area contributed by atoms with E-state index in [-0.39, 0.29) is 6.61 Å². The van der Waals surface area contributed by atoms with Gasteiger partial charge in [-0.25, -0.2) is 0 Å². The van der Waals surface area contributed by atoms with Crippen molar-refractivity contribution in [2.75, 3.05) is 13.2 Å². The first-order valence-electron chi connectivity index (χ1n) is 9.26. The summed E-state index contributed by atoms with van der Waals surface area (Å²) in [4.78, 5) is 0. The van der Waals surface area contributed by atoms with Crippen LogP contribution in [0, 0.1) is 11.8 Å². The second-order valence-electron chi connectivity index (χ2n) is 6.97. The lowest BCUT2D eigenvalue weighted by Crippen LogP contribution is -2.04. The van der Waals surface area contributed by atoms with Crippen LogP contribution < -0.4 is 0 Å². The molecule has 0 aromatic heterocycles. The summed E-state index contributed by atoms with van der Waals surface area (Å²) >= 11 is 0. The summed E-state index contributed by atoms with van der Waals surface area (Å²) in [6.07, 6.45) is 9.07. The van der Waals surface area contributed by atoms with Crippen LogP contribution >= 0.6 is 0 Å². The Morgan fingerprint density at radius 3 is 2.60 bits per heavy atom. The predicted molar refractivity (Wildman–Crippen MR) is 107 cm³/mol. The number of benzene rings is 1. The average molecular weight is 343 g/mol. The van der Waals surface area contributed by atoms with Crippen molar-refractivity contribution in [3.05, 3.63) is 71.8 Å². The number of hydrogen-bond donors (Lipinski definition) is 1. The number of aliphatic hydroxyl groups is 1. The van der Waals surface area contributed by atoms with Crippen LogP contribution in [0.25, 0.3) is 0 Å². The summed E-state index contributed by atoms with van der Waals surface area (Å²) in [6.45, 7) is 12.4. The normalized spacial score (nSPS) is 14.6. The van der Waals surface area contributed by atoms with E-state index in [1.54, 1.807) is 6.08 Å². The van der Waals surface area contributed by atoms with E-state index in [9.17, 15) is 0 Å². The van der Waals surface area contributed by atoms with Crippen molar-refractivity contribution < 1.29 is 9.84 Å². The summed E-state index contributed by atoms with van der Waals surface area (Å²) in [7, 11) is 0. The highest BCUT2D eigenvalue weighted by Crippen LogP contribution is 2.20. The molecule has 138 valence electrons. The number of allylic oxidation sites excluding steroid dienone is 4. The number of hydrogen-bond acceptors (Lipinski definition) is 2. The minimum absolute atomic E-state index is 0.122. The number of aliphatic hydroxyl groups excluding tert-OH is 1. The van der Waals surface area contributed by atoms with Gasteiger partial charge in [0.05, 0.1) is 13.2 Å². The zero-order valence-corrected chi connectivity index (χ0v) is 16.1. The summed E-state index contributed by atoms with van der Waals surface area (Å²) in [5.74, 6) is 1.04. The molecule has 1 aromatic carbocycles. The van der Waals surface area contributed by atoms with E-state index in [0.717, 1.165) is 25.9 Å². The molecule has 0 radical (unpaired) electrons. The maximum Gasteiger partial charge on any atom is 0.0716 e. The summed E-state index contributed by atoms with van der Waals surface area (Å²) in [5.41, 5.74) is 3.77. The van der Waals surface area contributed by atoms with Crippen molar-refractivity contribution in [1.29, 1.82) is 0 Å². The molecule has 1 rings (SSSR count). The molecular weight excluding hydrogens is 308 g/mol. The Morgan fingerprint density at radius 1 is 1.20 bits per heavy atom. The van der Waals surface area contributed by atoms with Crippen molar-refractivity contribution in [2.24, 2.45) is 11.8 Å². The fourth-order valence-corrected chi connectivity index (χ4v) is 2.71. The molecule has 0 unspecified atom stereocenters. The monoisotopic (exact) mass is 342 g/mol. The van der Waals surface area contributed by atoms with Crippen molar-refractivity contribution in [2.45, 2.75) is 46.6 Å². The molecule has 2 heteroatoms. The molecule has 0 heterocycles. The minimum atomic E-state index is 0.122. The molecule has 0 amide bonds. The maximum atomic E-state index is 8.77. The summed E-state index contributed by atoms with van der Waals surface area (Å²) in [5, 5.41) is 8.77. The van der Waals surface area contributed by atoms with Crippen molar-refractivity contribution in [3.8, 4) is 0 Å². The zero-order chi connectivity index (χ0) is 18.5. The lowest BCUT2D eigenvalue weighted by atomic mass is 9.93. The third-order valence-corrected chi connectivity index (χ3v) is 4.44. The van der Waals surface area contributed by atoms with Gasteiger partial charge >= 0.3 is 0 Å². The third-order valence-electron chi connectivity index (χ3n) is 4.44. The van der Waals surface area contributed by atoms with Crippen LogP contribution in [0.1, 0.15) is 45.6 Å². The lowest BCUT2D eigenvalue weighted by Gasteiger charge is -2.15. The first-order valence-corrected chi connectivity index (χ1v) is 9.26. The highest BCUT2D eigenvalue weighted by Gasteiger charge is 2.07. The Hall–Kier alpha value is -1.64. The molecule has 0 saturated carbocycles. The van der Waals surface area contributed by atoms with Gasteiger partial charge in [0.25, 0.3) is 0 Å². The molecule has 0 aliphatic heterocycles. The number of ether oxygens (including phenoxy) is 1. The number of rotatable bonds is 12. The fraction of sp³-hybridized carbons (Fsp3) is 0.478. The Balaban J connectivity index is 2.28. The van der Waals surface area contributed by atoms with Gasteiger partial charge < -0.3 is 9.84 Å². The van der Waals surface area contributed by atoms with Gasteiger partial charge in [-0.2, -0.15) is 0 Å². The van der Waals surface area contributed by atoms with E-state index in [1.165, 1.54) is 16.7 Å². The summed E-state index contributed by atoms with van der Waals surface area (Å²) < 4.78 is 5.79. The topological polar surface area (TPSA) is 29.5 Å². The lowest BCUT2D eigenvalue weighted by molar-refractivity contribution is 0.112. The third kappa shape index (κ3) is 10.1. The van der Waals surface area contributed by atoms with Crippen LogP contribution in [0.2, 0.25) is 0 Å². The molecule has 0 spiro atoms. The standard InChI is InChI=1S/C23H34O2/c1-19(10-8-9-14-24)16-20(2)17-22(4)21(3)13-15-25-18-23-11-6-5-7-12-23/h5-9,11-12,17,19,21,24H,2,10,13-16,18H2,1,3-4H3/b9-8+,22-17+/t19-,21-/m0/s1. The van der Waals surface area contributed by atoms with Crippen LogP contribution in [0.5, 0.6) is 0 Å². The first kappa shape index (κ1) is 21.4. The van der Waals surface area contributed by atoms with Crippen LogP contribution in [-0.4, -0.2) is 18.3 Å². The van der Waals surface area contributed by atoms with Gasteiger partial charge in [0.2, 0.25) is 0 Å². The molecule has 0 saturated heterocycles. The molecule has 0 aliphatic rings. The van der Waals surface area contributed by atoms with Gasteiger partial charge in [-0.3, -0.25) is 0 Å². The van der Waals surface area contributed by atoms with Crippen molar-refractivity contribution in [3.63, 3.8) is 0 Å². The fourth-order valence-electron chi connectivity index (χ4n) is 2.71. The average Bonchev–Trinajstić information content (AvgIpc) is 2.59. The van der Waals surface area contributed by atoms with Gasteiger partial charge in [-0.15, -0.1) is 0 Å². The quantitative estimate of drug-likeness (QED) is 0.300. The molecular formula is C23H34O2. The highest BCUT2D eigenvalue weighted by molar-refractivity contribution is 5.21. The Bertz CT molecular complexity index is 542. The van der Waals surface area contributed by atoms with E-state index in [2.05, 4.69) is 45.6 Å². The van der Waals surface area contributed by atoms with Crippen LogP contribution in [-0.2, 0) is 11.3 Å². The SMILES string of the molecule is C=C(/C=C(\C)[C@@H](C)CCOCc1ccccc1)C[C@@H](C)C/C=C/CO. The molecule has 0 aliphatic carbocycles. The molecule has 1 N–H and O–H groups in total. The van der Waals surface area contributed by atoms with Gasteiger partial charge in [-0.05, 0) is 43.6 Å². The van der Waals surface area contributed by atoms with Crippen molar-refractivity contribution in [1.82, 2.24) is 0 Å². The van der Waals surface area contributed by atoms with E-state index in [1.807, 2.05) is 24.3 Å².